The predicted molar refractivity (Wildman–Crippen MR) is 108 cm³/mol. The fourth-order valence-electron chi connectivity index (χ4n) is 3.61. The third-order valence-corrected chi connectivity index (χ3v) is 5.02. The van der Waals surface area contributed by atoms with Crippen molar-refractivity contribution in [3.63, 3.8) is 0 Å². The molecule has 0 saturated carbocycles. The lowest BCUT2D eigenvalue weighted by Crippen LogP contribution is -2.26. The quantitative estimate of drug-likeness (QED) is 0.695. The smallest absolute Gasteiger partial charge is 0.161 e. The molecule has 3 rings (SSSR count). The Morgan fingerprint density at radius 1 is 1.22 bits per heavy atom. The van der Waals surface area contributed by atoms with Crippen LogP contribution in [0.15, 0.2) is 42.7 Å². The molecule has 0 bridgehead atoms. The first-order valence-electron chi connectivity index (χ1n) is 9.90. The van der Waals surface area contributed by atoms with Crippen molar-refractivity contribution >= 4 is 0 Å². The van der Waals surface area contributed by atoms with E-state index in [1.807, 2.05) is 24.4 Å². The summed E-state index contributed by atoms with van der Waals surface area (Å²) in [6.45, 7) is 8.35. The largest absolute Gasteiger partial charge is 0.493 e. The van der Waals surface area contributed by atoms with Gasteiger partial charge in [-0.1, -0.05) is 19.1 Å². The van der Waals surface area contributed by atoms with E-state index in [1.54, 1.807) is 13.3 Å². The SMILES string of the molecule is CCCN1CCC(CNCc2ccc(OC)c(OCc3cccnc3)c2)C1. The van der Waals surface area contributed by atoms with Crippen LogP contribution in [-0.2, 0) is 13.2 Å². The van der Waals surface area contributed by atoms with Crippen LogP contribution in [0.4, 0.5) is 0 Å². The van der Waals surface area contributed by atoms with E-state index in [0.717, 1.165) is 36.1 Å². The highest BCUT2D eigenvalue weighted by molar-refractivity contribution is 5.43. The van der Waals surface area contributed by atoms with Crippen molar-refractivity contribution in [3.05, 3.63) is 53.9 Å². The third-order valence-electron chi connectivity index (χ3n) is 5.02. The molecular weight excluding hydrogens is 338 g/mol. The summed E-state index contributed by atoms with van der Waals surface area (Å²) in [5.41, 5.74) is 2.25. The number of nitrogens with one attached hydrogen (secondary N) is 1. The van der Waals surface area contributed by atoms with E-state index in [0.29, 0.717) is 6.61 Å². The Bertz CT molecular complexity index is 693. The molecule has 1 atom stereocenters. The summed E-state index contributed by atoms with van der Waals surface area (Å²) < 4.78 is 11.4. The summed E-state index contributed by atoms with van der Waals surface area (Å²) in [7, 11) is 1.67. The van der Waals surface area contributed by atoms with Crippen molar-refractivity contribution in [1.29, 1.82) is 0 Å². The van der Waals surface area contributed by atoms with Crippen LogP contribution in [0.2, 0.25) is 0 Å². The first kappa shape index (κ1) is 19.6. The number of hydrogen-bond acceptors (Lipinski definition) is 5. The van der Waals surface area contributed by atoms with Gasteiger partial charge in [0.25, 0.3) is 0 Å². The maximum atomic E-state index is 5.98. The Balaban J connectivity index is 1.50. The van der Waals surface area contributed by atoms with Crippen LogP contribution >= 0.6 is 0 Å². The van der Waals surface area contributed by atoms with Gasteiger partial charge in [0.05, 0.1) is 7.11 Å². The highest BCUT2D eigenvalue weighted by atomic mass is 16.5. The normalized spacial score (nSPS) is 17.2. The van der Waals surface area contributed by atoms with Crippen molar-refractivity contribution in [2.75, 3.05) is 33.3 Å². The number of pyridine rings is 1. The second kappa shape index (κ2) is 10.3. The maximum absolute atomic E-state index is 5.98. The van der Waals surface area contributed by atoms with E-state index in [-0.39, 0.29) is 0 Å². The number of methoxy groups -OCH3 is 1. The first-order valence-corrected chi connectivity index (χ1v) is 9.90. The average molecular weight is 370 g/mol. The molecular formula is C22H31N3O2. The van der Waals surface area contributed by atoms with Crippen molar-refractivity contribution < 1.29 is 9.47 Å². The third kappa shape index (κ3) is 5.94. The van der Waals surface area contributed by atoms with Crippen LogP contribution in [0, 0.1) is 5.92 Å². The van der Waals surface area contributed by atoms with Gasteiger partial charge in [-0.2, -0.15) is 0 Å². The molecule has 27 heavy (non-hydrogen) atoms. The second-order valence-corrected chi connectivity index (χ2v) is 7.22. The molecule has 1 aliphatic heterocycles. The lowest BCUT2D eigenvalue weighted by Gasteiger charge is -2.16. The van der Waals surface area contributed by atoms with Crippen molar-refractivity contribution in [2.45, 2.75) is 32.9 Å². The molecule has 146 valence electrons. The minimum absolute atomic E-state index is 0.483. The molecule has 2 aromatic rings. The fraction of sp³-hybridized carbons (Fsp3) is 0.500. The Morgan fingerprint density at radius 3 is 2.93 bits per heavy atom. The molecule has 1 aromatic carbocycles. The topological polar surface area (TPSA) is 46.6 Å². The summed E-state index contributed by atoms with van der Waals surface area (Å²) in [5.74, 6) is 2.29. The van der Waals surface area contributed by atoms with Gasteiger partial charge in [0, 0.05) is 31.0 Å². The molecule has 0 radical (unpaired) electrons. The molecule has 5 heteroatoms. The van der Waals surface area contributed by atoms with Crippen molar-refractivity contribution in [2.24, 2.45) is 5.92 Å². The highest BCUT2D eigenvalue weighted by Crippen LogP contribution is 2.29. The fourth-order valence-corrected chi connectivity index (χ4v) is 3.61. The lowest BCUT2D eigenvalue weighted by atomic mass is 10.1. The van der Waals surface area contributed by atoms with E-state index in [2.05, 4.69) is 34.3 Å². The van der Waals surface area contributed by atoms with Crippen LogP contribution in [-0.4, -0.2) is 43.2 Å². The molecule has 1 fully saturated rings. The van der Waals surface area contributed by atoms with Crippen LogP contribution < -0.4 is 14.8 Å². The molecule has 1 unspecified atom stereocenters. The minimum atomic E-state index is 0.483. The summed E-state index contributed by atoms with van der Waals surface area (Å²) in [5, 5.41) is 3.61. The second-order valence-electron chi connectivity index (χ2n) is 7.22. The standard InChI is InChI=1S/C22H31N3O2/c1-3-10-25-11-8-19(16-25)14-24-13-18-6-7-21(26-2)22(12-18)27-17-20-5-4-9-23-15-20/h4-7,9,12,15,19,24H,3,8,10-11,13-14,16-17H2,1-2H3. The molecule has 1 saturated heterocycles. The van der Waals surface area contributed by atoms with E-state index in [1.165, 1.54) is 38.0 Å². The number of ether oxygens (including phenoxy) is 2. The molecule has 0 spiro atoms. The van der Waals surface area contributed by atoms with Gasteiger partial charge in [-0.05, 0) is 62.2 Å². The van der Waals surface area contributed by atoms with Gasteiger partial charge in [-0.15, -0.1) is 0 Å². The number of aromatic nitrogens is 1. The van der Waals surface area contributed by atoms with Gasteiger partial charge in [0.1, 0.15) is 6.61 Å². The van der Waals surface area contributed by atoms with Gasteiger partial charge in [-0.3, -0.25) is 4.98 Å². The van der Waals surface area contributed by atoms with Gasteiger partial charge in [0.2, 0.25) is 0 Å². The summed E-state index contributed by atoms with van der Waals surface area (Å²) in [6, 6.07) is 10.1. The number of nitrogens with zero attached hydrogens (tertiary/aromatic N) is 2. The van der Waals surface area contributed by atoms with E-state index in [4.69, 9.17) is 9.47 Å². The van der Waals surface area contributed by atoms with Crippen molar-refractivity contribution in [1.82, 2.24) is 15.2 Å². The molecule has 2 heterocycles. The predicted octanol–water partition coefficient (Wildman–Crippen LogP) is 3.49. The molecule has 5 nitrogen and oxygen atoms in total. The number of hydrogen-bond donors (Lipinski definition) is 1. The first-order chi connectivity index (χ1) is 13.3. The zero-order valence-corrected chi connectivity index (χ0v) is 16.5. The molecule has 0 amide bonds. The molecule has 0 aliphatic carbocycles. The highest BCUT2D eigenvalue weighted by Gasteiger charge is 2.21. The summed E-state index contributed by atoms with van der Waals surface area (Å²) >= 11 is 0. The van der Waals surface area contributed by atoms with Gasteiger partial charge >= 0.3 is 0 Å². The molecule has 1 aliphatic rings. The Hall–Kier alpha value is -2.11. The van der Waals surface area contributed by atoms with Crippen LogP contribution in [0.5, 0.6) is 11.5 Å². The Morgan fingerprint density at radius 2 is 2.15 bits per heavy atom. The minimum Gasteiger partial charge on any atom is -0.493 e. The molecule has 1 aromatic heterocycles. The Labute approximate surface area is 162 Å². The van der Waals surface area contributed by atoms with E-state index in [9.17, 15) is 0 Å². The maximum Gasteiger partial charge on any atom is 0.161 e. The van der Waals surface area contributed by atoms with Crippen LogP contribution in [0.25, 0.3) is 0 Å². The van der Waals surface area contributed by atoms with Gasteiger partial charge in [-0.25, -0.2) is 0 Å². The van der Waals surface area contributed by atoms with Gasteiger partial charge in [0.15, 0.2) is 11.5 Å². The Kier molecular flexibility index (Phi) is 7.48. The van der Waals surface area contributed by atoms with Crippen LogP contribution in [0.3, 0.4) is 0 Å². The number of likely N-dealkylation sites (tertiary alicyclic amines) is 1. The molecule has 1 N–H and O–H groups in total. The van der Waals surface area contributed by atoms with Gasteiger partial charge < -0.3 is 19.7 Å². The summed E-state index contributed by atoms with van der Waals surface area (Å²) in [6.07, 6.45) is 6.13. The van der Waals surface area contributed by atoms with Crippen molar-refractivity contribution in [3.8, 4) is 11.5 Å². The average Bonchev–Trinajstić information content (AvgIpc) is 3.15. The van der Waals surface area contributed by atoms with Crippen LogP contribution in [0.1, 0.15) is 30.9 Å². The number of rotatable bonds is 10. The number of benzene rings is 1. The monoisotopic (exact) mass is 369 g/mol. The summed E-state index contributed by atoms with van der Waals surface area (Å²) in [4.78, 5) is 6.70. The lowest BCUT2D eigenvalue weighted by molar-refractivity contribution is 0.283. The van der Waals surface area contributed by atoms with E-state index >= 15 is 0 Å². The van der Waals surface area contributed by atoms with E-state index < -0.39 is 0 Å². The zero-order valence-electron chi connectivity index (χ0n) is 16.5. The zero-order chi connectivity index (χ0) is 18.9.